The third-order valence-electron chi connectivity index (χ3n) is 2.54. The average Bonchev–Trinajstić information content (AvgIpc) is 2.12. The summed E-state index contributed by atoms with van der Waals surface area (Å²) in [5.41, 5.74) is -0.375. The van der Waals surface area contributed by atoms with E-state index in [4.69, 9.17) is 9.29 Å². The molecule has 1 saturated heterocycles. The molecular formula is C11H21NO5S. The second-order valence-corrected chi connectivity index (χ2v) is 7.45. The van der Waals surface area contributed by atoms with Gasteiger partial charge in [-0.2, -0.15) is 8.42 Å². The number of likely N-dealkylation sites (tertiary alicyclic amines) is 1. The SMILES string of the molecule is CC(C)(C)CS(=O)(=O)OC1CCCN(C(=O)O)C1. The first-order chi connectivity index (χ1) is 8.09. The fraction of sp³-hybridized carbons (Fsp3) is 0.909. The Morgan fingerprint density at radius 2 is 2.06 bits per heavy atom. The van der Waals surface area contributed by atoms with Crippen molar-refractivity contribution in [2.24, 2.45) is 5.41 Å². The smallest absolute Gasteiger partial charge is 0.407 e. The van der Waals surface area contributed by atoms with Crippen LogP contribution in [-0.4, -0.2) is 49.5 Å². The van der Waals surface area contributed by atoms with Crippen LogP contribution >= 0.6 is 0 Å². The fourth-order valence-electron chi connectivity index (χ4n) is 1.96. The molecule has 1 aliphatic heterocycles. The highest BCUT2D eigenvalue weighted by Crippen LogP contribution is 2.21. The molecule has 0 aromatic rings. The first kappa shape index (κ1) is 15.2. The van der Waals surface area contributed by atoms with E-state index in [1.165, 1.54) is 4.90 Å². The summed E-state index contributed by atoms with van der Waals surface area (Å²) in [5.74, 6) is -0.0659. The maximum atomic E-state index is 11.8. The maximum absolute atomic E-state index is 11.8. The zero-order chi connectivity index (χ0) is 14.0. The van der Waals surface area contributed by atoms with Gasteiger partial charge in [0.05, 0.1) is 18.4 Å². The van der Waals surface area contributed by atoms with Crippen LogP contribution in [-0.2, 0) is 14.3 Å². The van der Waals surface area contributed by atoms with E-state index >= 15 is 0 Å². The van der Waals surface area contributed by atoms with Gasteiger partial charge in [0.1, 0.15) is 0 Å². The summed E-state index contributed by atoms with van der Waals surface area (Å²) in [6.45, 7) is 6.02. The van der Waals surface area contributed by atoms with E-state index in [9.17, 15) is 13.2 Å². The van der Waals surface area contributed by atoms with Crippen LogP contribution in [0.5, 0.6) is 0 Å². The molecule has 0 bridgehead atoms. The van der Waals surface area contributed by atoms with Gasteiger partial charge in [0.2, 0.25) is 0 Å². The molecule has 1 N–H and O–H groups in total. The van der Waals surface area contributed by atoms with Crippen molar-refractivity contribution in [2.75, 3.05) is 18.8 Å². The number of nitrogens with zero attached hydrogens (tertiary/aromatic N) is 1. The zero-order valence-corrected chi connectivity index (χ0v) is 11.9. The second kappa shape index (κ2) is 5.44. The van der Waals surface area contributed by atoms with Crippen LogP contribution in [0.2, 0.25) is 0 Å². The molecule has 0 saturated carbocycles. The molecule has 1 amide bonds. The number of rotatable bonds is 3. The van der Waals surface area contributed by atoms with Crippen molar-refractivity contribution >= 4 is 16.2 Å². The minimum atomic E-state index is -3.61. The molecule has 1 atom stereocenters. The highest BCUT2D eigenvalue weighted by molar-refractivity contribution is 7.86. The first-order valence-electron chi connectivity index (χ1n) is 5.98. The largest absolute Gasteiger partial charge is 0.465 e. The Labute approximate surface area is 108 Å². The molecule has 0 spiro atoms. The molecule has 0 radical (unpaired) electrons. The molecule has 1 aliphatic rings. The molecule has 6 nitrogen and oxygen atoms in total. The van der Waals surface area contributed by atoms with Gasteiger partial charge in [-0.25, -0.2) is 4.79 Å². The lowest BCUT2D eigenvalue weighted by Crippen LogP contribution is -2.43. The molecule has 0 aliphatic carbocycles. The van der Waals surface area contributed by atoms with Crippen molar-refractivity contribution in [2.45, 2.75) is 39.7 Å². The molecular weight excluding hydrogens is 258 g/mol. The van der Waals surface area contributed by atoms with Gasteiger partial charge in [-0.05, 0) is 18.3 Å². The third kappa shape index (κ3) is 5.22. The van der Waals surface area contributed by atoms with Gasteiger partial charge in [0, 0.05) is 6.54 Å². The lowest BCUT2D eigenvalue weighted by atomic mass is 10.0. The highest BCUT2D eigenvalue weighted by Gasteiger charge is 2.30. The zero-order valence-electron chi connectivity index (χ0n) is 11.0. The molecule has 18 heavy (non-hydrogen) atoms. The summed E-state index contributed by atoms with van der Waals surface area (Å²) in [6.07, 6.45) is -0.381. The van der Waals surface area contributed by atoms with Crippen LogP contribution in [0.3, 0.4) is 0 Å². The minimum absolute atomic E-state index is 0.0659. The average molecular weight is 279 g/mol. The molecule has 1 heterocycles. The van der Waals surface area contributed by atoms with Gasteiger partial charge in [-0.15, -0.1) is 0 Å². The summed E-state index contributed by atoms with van der Waals surface area (Å²) in [5, 5.41) is 8.86. The number of carbonyl (C=O) groups is 1. The predicted octanol–water partition coefficient (Wildman–Crippen LogP) is 1.52. The quantitative estimate of drug-likeness (QED) is 0.792. The first-order valence-corrected chi connectivity index (χ1v) is 7.56. The van der Waals surface area contributed by atoms with E-state index in [0.717, 1.165) is 0 Å². The molecule has 0 aromatic carbocycles. The van der Waals surface area contributed by atoms with E-state index in [2.05, 4.69) is 0 Å². The number of hydrogen-bond donors (Lipinski definition) is 1. The number of hydrogen-bond acceptors (Lipinski definition) is 4. The second-order valence-electron chi connectivity index (χ2n) is 5.85. The molecule has 1 fully saturated rings. The van der Waals surface area contributed by atoms with Crippen molar-refractivity contribution < 1.29 is 22.5 Å². The van der Waals surface area contributed by atoms with E-state index in [-0.39, 0.29) is 17.7 Å². The van der Waals surface area contributed by atoms with Crippen molar-refractivity contribution in [3.05, 3.63) is 0 Å². The molecule has 106 valence electrons. The third-order valence-corrected chi connectivity index (χ3v) is 4.33. The summed E-state index contributed by atoms with van der Waals surface area (Å²) >= 11 is 0. The van der Waals surface area contributed by atoms with Gasteiger partial charge in [-0.3, -0.25) is 4.18 Å². The van der Waals surface area contributed by atoms with Crippen LogP contribution < -0.4 is 0 Å². The van der Waals surface area contributed by atoms with E-state index < -0.39 is 22.3 Å². The van der Waals surface area contributed by atoms with Crippen molar-refractivity contribution in [1.29, 1.82) is 0 Å². The van der Waals surface area contributed by atoms with E-state index in [0.29, 0.717) is 19.4 Å². The van der Waals surface area contributed by atoms with Gasteiger partial charge < -0.3 is 10.0 Å². The number of piperidine rings is 1. The maximum Gasteiger partial charge on any atom is 0.407 e. The van der Waals surface area contributed by atoms with Gasteiger partial charge in [0.25, 0.3) is 10.1 Å². The number of carboxylic acid groups (broad SMARTS) is 1. The molecule has 0 aromatic heterocycles. The summed E-state index contributed by atoms with van der Waals surface area (Å²) in [7, 11) is -3.61. The Hall–Kier alpha value is -0.820. The van der Waals surface area contributed by atoms with E-state index in [1.54, 1.807) is 0 Å². The monoisotopic (exact) mass is 279 g/mol. The predicted molar refractivity (Wildman–Crippen MR) is 66.9 cm³/mol. The van der Waals surface area contributed by atoms with Crippen LogP contribution in [0.25, 0.3) is 0 Å². The van der Waals surface area contributed by atoms with Crippen molar-refractivity contribution in [3.63, 3.8) is 0 Å². The molecule has 1 rings (SSSR count). The topological polar surface area (TPSA) is 83.9 Å². The molecule has 7 heteroatoms. The van der Waals surface area contributed by atoms with Crippen molar-refractivity contribution in [3.8, 4) is 0 Å². The summed E-state index contributed by atoms with van der Waals surface area (Å²) in [4.78, 5) is 12.0. The Balaban J connectivity index is 2.59. The van der Waals surface area contributed by atoms with E-state index in [1.807, 2.05) is 20.8 Å². The van der Waals surface area contributed by atoms with Crippen LogP contribution in [0.1, 0.15) is 33.6 Å². The van der Waals surface area contributed by atoms with Crippen LogP contribution in [0, 0.1) is 5.41 Å². The Kier molecular flexibility index (Phi) is 4.61. The standard InChI is InChI=1S/C11H21NO5S/c1-11(2,3)8-18(15,16)17-9-5-4-6-12(7-9)10(13)14/h9H,4-8H2,1-3H3,(H,13,14). The van der Waals surface area contributed by atoms with Gasteiger partial charge in [-0.1, -0.05) is 20.8 Å². The summed E-state index contributed by atoms with van der Waals surface area (Å²) in [6, 6.07) is 0. The highest BCUT2D eigenvalue weighted by atomic mass is 32.2. The normalized spacial score (nSPS) is 21.9. The lowest BCUT2D eigenvalue weighted by molar-refractivity contribution is 0.0816. The van der Waals surface area contributed by atoms with Gasteiger partial charge in [0.15, 0.2) is 0 Å². The van der Waals surface area contributed by atoms with Crippen LogP contribution in [0.15, 0.2) is 0 Å². The Morgan fingerprint density at radius 1 is 1.44 bits per heavy atom. The fourth-order valence-corrected chi connectivity index (χ4v) is 3.66. The minimum Gasteiger partial charge on any atom is -0.465 e. The van der Waals surface area contributed by atoms with Crippen molar-refractivity contribution in [1.82, 2.24) is 4.90 Å². The Morgan fingerprint density at radius 3 is 2.56 bits per heavy atom. The number of amides is 1. The Bertz CT molecular complexity index is 398. The summed E-state index contributed by atoms with van der Waals surface area (Å²) < 4.78 is 28.7. The molecule has 1 unspecified atom stereocenters. The lowest BCUT2D eigenvalue weighted by Gasteiger charge is -2.30. The van der Waals surface area contributed by atoms with Gasteiger partial charge >= 0.3 is 6.09 Å². The van der Waals surface area contributed by atoms with Crippen LogP contribution in [0.4, 0.5) is 4.79 Å².